The van der Waals surface area contributed by atoms with Crippen molar-refractivity contribution in [3.05, 3.63) is 11.1 Å². The zero-order chi connectivity index (χ0) is 15.8. The maximum absolute atomic E-state index is 12.1. The van der Waals surface area contributed by atoms with E-state index < -0.39 is 0 Å². The van der Waals surface area contributed by atoms with Gasteiger partial charge in [0.15, 0.2) is 5.13 Å². The van der Waals surface area contributed by atoms with Crippen molar-refractivity contribution in [3.63, 3.8) is 0 Å². The molecular weight excluding hydrogens is 290 g/mol. The van der Waals surface area contributed by atoms with Crippen LogP contribution in [0, 0.1) is 12.8 Å². The molecule has 0 aliphatic heterocycles. The van der Waals surface area contributed by atoms with Crippen molar-refractivity contribution in [1.82, 2.24) is 9.88 Å². The fourth-order valence-electron chi connectivity index (χ4n) is 1.72. The van der Waals surface area contributed by atoms with Crippen LogP contribution < -0.4 is 5.32 Å². The summed E-state index contributed by atoms with van der Waals surface area (Å²) >= 11 is 1.41. The molecule has 1 aromatic heterocycles. The number of nitrogens with one attached hydrogen (secondary N) is 1. The van der Waals surface area contributed by atoms with Crippen LogP contribution in [0.2, 0.25) is 0 Å². The van der Waals surface area contributed by atoms with Gasteiger partial charge < -0.3 is 15.0 Å². The topological polar surface area (TPSA) is 71.5 Å². The standard InChI is InChI=1S/C14H23N3O3S/c1-10(2)7-13(19)17(5-6-20-4)9-12(18)16-14-15-8-11(3)21-14/h8,10H,5-7,9H2,1-4H3,(H,15,16,18). The SMILES string of the molecule is COCCN(CC(=O)Nc1ncc(C)s1)C(=O)CC(C)C. The second-order valence-electron chi connectivity index (χ2n) is 5.23. The summed E-state index contributed by atoms with van der Waals surface area (Å²) in [6, 6.07) is 0. The number of nitrogens with zero attached hydrogens (tertiary/aromatic N) is 2. The summed E-state index contributed by atoms with van der Waals surface area (Å²) in [5.74, 6) is -0.0164. The zero-order valence-corrected chi connectivity index (χ0v) is 13.8. The van der Waals surface area contributed by atoms with Crippen LogP contribution in [0.3, 0.4) is 0 Å². The van der Waals surface area contributed by atoms with Crippen molar-refractivity contribution in [2.75, 3.05) is 32.1 Å². The number of ether oxygens (including phenoxy) is 1. The average Bonchev–Trinajstić information content (AvgIpc) is 2.78. The van der Waals surface area contributed by atoms with E-state index in [0.29, 0.717) is 24.7 Å². The first-order valence-electron chi connectivity index (χ1n) is 6.91. The fraction of sp³-hybridized carbons (Fsp3) is 0.643. The normalized spacial score (nSPS) is 10.7. The number of aryl methyl sites for hydroxylation is 1. The highest BCUT2D eigenvalue weighted by atomic mass is 32.1. The van der Waals surface area contributed by atoms with Crippen LogP contribution in [0.1, 0.15) is 25.1 Å². The molecule has 0 aromatic carbocycles. The molecule has 6 nitrogen and oxygen atoms in total. The molecule has 0 bridgehead atoms. The number of rotatable bonds is 8. The van der Waals surface area contributed by atoms with Gasteiger partial charge in [-0.1, -0.05) is 13.8 Å². The van der Waals surface area contributed by atoms with Gasteiger partial charge in [-0.15, -0.1) is 11.3 Å². The number of carbonyl (C=O) groups excluding carboxylic acids is 2. The molecule has 1 rings (SSSR count). The highest BCUT2D eigenvalue weighted by Gasteiger charge is 2.18. The van der Waals surface area contributed by atoms with Gasteiger partial charge in [-0.25, -0.2) is 4.98 Å². The Labute approximate surface area is 129 Å². The predicted octanol–water partition coefficient (Wildman–Crippen LogP) is 1.91. The molecular formula is C14H23N3O3S. The highest BCUT2D eigenvalue weighted by Crippen LogP contribution is 2.16. The van der Waals surface area contributed by atoms with Gasteiger partial charge in [0.05, 0.1) is 6.61 Å². The molecule has 0 fully saturated rings. The average molecular weight is 313 g/mol. The van der Waals surface area contributed by atoms with E-state index in [-0.39, 0.29) is 24.3 Å². The van der Waals surface area contributed by atoms with Crippen molar-refractivity contribution in [1.29, 1.82) is 0 Å². The number of anilines is 1. The largest absolute Gasteiger partial charge is 0.383 e. The fourth-order valence-corrected chi connectivity index (χ4v) is 2.40. The number of methoxy groups -OCH3 is 1. The molecule has 0 unspecified atom stereocenters. The van der Waals surface area contributed by atoms with Gasteiger partial charge in [0, 0.05) is 31.1 Å². The summed E-state index contributed by atoms with van der Waals surface area (Å²) < 4.78 is 4.99. The molecule has 21 heavy (non-hydrogen) atoms. The van der Waals surface area contributed by atoms with Gasteiger partial charge in [-0.05, 0) is 12.8 Å². The number of amides is 2. The predicted molar refractivity (Wildman–Crippen MR) is 83.4 cm³/mol. The van der Waals surface area contributed by atoms with Crippen molar-refractivity contribution in [3.8, 4) is 0 Å². The Balaban J connectivity index is 2.57. The lowest BCUT2D eigenvalue weighted by molar-refractivity contribution is -0.136. The van der Waals surface area contributed by atoms with Crippen LogP contribution in [-0.2, 0) is 14.3 Å². The second-order valence-corrected chi connectivity index (χ2v) is 6.47. The first-order valence-corrected chi connectivity index (χ1v) is 7.73. The Morgan fingerprint density at radius 2 is 2.19 bits per heavy atom. The molecule has 1 aromatic rings. The molecule has 0 aliphatic carbocycles. The highest BCUT2D eigenvalue weighted by molar-refractivity contribution is 7.15. The summed E-state index contributed by atoms with van der Waals surface area (Å²) in [4.78, 5) is 30.8. The third-order valence-corrected chi connectivity index (χ3v) is 3.53. The van der Waals surface area contributed by atoms with E-state index in [4.69, 9.17) is 4.74 Å². The van der Waals surface area contributed by atoms with Crippen LogP contribution in [-0.4, -0.2) is 48.5 Å². The molecule has 0 aliphatic rings. The molecule has 0 spiro atoms. The monoisotopic (exact) mass is 313 g/mol. The lowest BCUT2D eigenvalue weighted by atomic mass is 10.1. The number of hydrogen-bond donors (Lipinski definition) is 1. The van der Waals surface area contributed by atoms with Gasteiger partial charge in [0.2, 0.25) is 11.8 Å². The minimum absolute atomic E-state index is 0.0214. The second kappa shape index (κ2) is 8.74. The minimum Gasteiger partial charge on any atom is -0.383 e. The molecule has 0 saturated heterocycles. The Bertz CT molecular complexity index is 474. The van der Waals surface area contributed by atoms with Gasteiger partial charge >= 0.3 is 0 Å². The summed E-state index contributed by atoms with van der Waals surface area (Å²) in [5, 5.41) is 3.27. The third kappa shape index (κ3) is 6.68. The van der Waals surface area contributed by atoms with Crippen LogP contribution in [0.15, 0.2) is 6.20 Å². The number of carbonyl (C=O) groups is 2. The van der Waals surface area contributed by atoms with Crippen molar-refractivity contribution < 1.29 is 14.3 Å². The molecule has 1 heterocycles. The van der Waals surface area contributed by atoms with Crippen LogP contribution in [0.25, 0.3) is 0 Å². The lowest BCUT2D eigenvalue weighted by Crippen LogP contribution is -2.40. The third-order valence-electron chi connectivity index (χ3n) is 2.70. The van der Waals surface area contributed by atoms with E-state index in [2.05, 4.69) is 10.3 Å². The summed E-state index contributed by atoms with van der Waals surface area (Å²) in [6.07, 6.45) is 2.13. The molecule has 0 radical (unpaired) electrons. The van der Waals surface area contributed by atoms with E-state index in [9.17, 15) is 9.59 Å². The molecule has 2 amide bonds. The first-order chi connectivity index (χ1) is 9.92. The number of aromatic nitrogens is 1. The molecule has 7 heteroatoms. The lowest BCUT2D eigenvalue weighted by Gasteiger charge is -2.22. The quantitative estimate of drug-likeness (QED) is 0.796. The van der Waals surface area contributed by atoms with E-state index in [1.807, 2.05) is 20.8 Å². The Morgan fingerprint density at radius 1 is 1.48 bits per heavy atom. The van der Waals surface area contributed by atoms with Crippen LogP contribution in [0.5, 0.6) is 0 Å². The Hall–Kier alpha value is -1.47. The van der Waals surface area contributed by atoms with Crippen LogP contribution >= 0.6 is 11.3 Å². The minimum atomic E-state index is -0.238. The maximum atomic E-state index is 12.1. The van der Waals surface area contributed by atoms with Crippen molar-refractivity contribution >= 4 is 28.3 Å². The van der Waals surface area contributed by atoms with Crippen molar-refractivity contribution in [2.24, 2.45) is 5.92 Å². The summed E-state index contributed by atoms with van der Waals surface area (Å²) in [7, 11) is 1.57. The van der Waals surface area contributed by atoms with Gasteiger partial charge in [-0.2, -0.15) is 0 Å². The smallest absolute Gasteiger partial charge is 0.245 e. The van der Waals surface area contributed by atoms with E-state index >= 15 is 0 Å². The molecule has 118 valence electrons. The first kappa shape index (κ1) is 17.6. The van der Waals surface area contributed by atoms with E-state index in [1.54, 1.807) is 13.3 Å². The van der Waals surface area contributed by atoms with E-state index in [1.165, 1.54) is 16.2 Å². The maximum Gasteiger partial charge on any atom is 0.245 e. The van der Waals surface area contributed by atoms with Gasteiger partial charge in [0.25, 0.3) is 0 Å². The molecule has 0 atom stereocenters. The summed E-state index contributed by atoms with van der Waals surface area (Å²) in [5.41, 5.74) is 0. The molecule has 1 N–H and O–H groups in total. The zero-order valence-electron chi connectivity index (χ0n) is 13.0. The van der Waals surface area contributed by atoms with Crippen molar-refractivity contribution in [2.45, 2.75) is 27.2 Å². The Morgan fingerprint density at radius 3 is 2.71 bits per heavy atom. The van der Waals surface area contributed by atoms with Gasteiger partial charge in [0.1, 0.15) is 6.54 Å². The van der Waals surface area contributed by atoms with E-state index in [0.717, 1.165) is 4.88 Å². The van der Waals surface area contributed by atoms with Crippen LogP contribution in [0.4, 0.5) is 5.13 Å². The number of thiazole rings is 1. The number of hydrogen-bond acceptors (Lipinski definition) is 5. The summed E-state index contributed by atoms with van der Waals surface area (Å²) in [6.45, 7) is 6.72. The Kier molecular flexibility index (Phi) is 7.31. The molecule has 0 saturated carbocycles. The van der Waals surface area contributed by atoms with Gasteiger partial charge in [-0.3, -0.25) is 9.59 Å².